The van der Waals surface area contributed by atoms with E-state index in [1.54, 1.807) is 12.1 Å². The molecule has 0 amide bonds. The van der Waals surface area contributed by atoms with Gasteiger partial charge in [-0.3, -0.25) is 4.98 Å². The van der Waals surface area contributed by atoms with Crippen molar-refractivity contribution in [3.63, 3.8) is 0 Å². The fourth-order valence-corrected chi connectivity index (χ4v) is 5.29. The van der Waals surface area contributed by atoms with Crippen LogP contribution in [0.15, 0.2) is 67.0 Å². The fraction of sp³-hybridized carbons (Fsp3) is 0.308. The number of halogens is 1. The summed E-state index contributed by atoms with van der Waals surface area (Å²) in [6.07, 6.45) is 7.63. The van der Waals surface area contributed by atoms with Gasteiger partial charge in [0, 0.05) is 28.9 Å². The number of rotatable bonds is 4. The lowest BCUT2D eigenvalue weighted by atomic mass is 9.75. The zero-order valence-corrected chi connectivity index (χ0v) is 16.9. The Balaban J connectivity index is 1.25. The van der Waals surface area contributed by atoms with Crippen LogP contribution in [-0.4, -0.2) is 4.98 Å². The normalized spacial score (nSPS) is 25.1. The molecule has 2 aliphatic rings. The second-order valence-corrected chi connectivity index (χ2v) is 8.79. The molecular weight excluding hydrogens is 373 g/mol. The Morgan fingerprint density at radius 1 is 1.13 bits per heavy atom. The maximum Gasteiger partial charge on any atom is 0.123 e. The van der Waals surface area contributed by atoms with E-state index in [2.05, 4.69) is 29.0 Å². The van der Waals surface area contributed by atoms with Crippen molar-refractivity contribution in [1.82, 2.24) is 4.98 Å². The lowest BCUT2D eigenvalue weighted by Crippen LogP contribution is -2.18. The third-order valence-corrected chi connectivity index (χ3v) is 7.09. The molecule has 4 heteroatoms. The summed E-state index contributed by atoms with van der Waals surface area (Å²) in [5.74, 6) is 0.765. The number of aromatic nitrogens is 1. The second-order valence-electron chi connectivity index (χ2n) is 8.79. The van der Waals surface area contributed by atoms with Crippen LogP contribution in [0.4, 0.5) is 10.1 Å². The van der Waals surface area contributed by atoms with Crippen molar-refractivity contribution in [2.24, 2.45) is 11.3 Å². The van der Waals surface area contributed by atoms with Gasteiger partial charge in [-0.15, -0.1) is 0 Å². The molecule has 0 bridgehead atoms. The number of benzene rings is 2. The van der Waals surface area contributed by atoms with Crippen molar-refractivity contribution in [3.05, 3.63) is 83.9 Å². The highest BCUT2D eigenvalue weighted by Crippen LogP contribution is 2.65. The van der Waals surface area contributed by atoms with Crippen LogP contribution < -0.4 is 5.32 Å². The van der Waals surface area contributed by atoms with Crippen LogP contribution >= 0.6 is 0 Å². The summed E-state index contributed by atoms with van der Waals surface area (Å²) in [5.41, 5.74) is 5.20. The predicted molar refractivity (Wildman–Crippen MR) is 117 cm³/mol. The summed E-state index contributed by atoms with van der Waals surface area (Å²) < 4.78 is 13.8. The van der Waals surface area contributed by atoms with Crippen LogP contribution in [0.25, 0.3) is 10.9 Å². The molecule has 1 aromatic heterocycles. The van der Waals surface area contributed by atoms with Gasteiger partial charge in [0.2, 0.25) is 0 Å². The largest absolute Gasteiger partial charge is 0.359 e. The van der Waals surface area contributed by atoms with E-state index >= 15 is 0 Å². The van der Waals surface area contributed by atoms with Crippen molar-refractivity contribution in [2.45, 2.75) is 38.0 Å². The van der Waals surface area contributed by atoms with E-state index in [1.165, 1.54) is 30.9 Å². The predicted octanol–water partition coefficient (Wildman–Crippen LogP) is 6.54. The number of pyridine rings is 1. The zero-order chi connectivity index (χ0) is 20.7. The smallest absolute Gasteiger partial charge is 0.123 e. The van der Waals surface area contributed by atoms with Gasteiger partial charge in [-0.05, 0) is 97.5 Å². The average Bonchev–Trinajstić information content (AvgIpc) is 3.48. The lowest BCUT2D eigenvalue weighted by Gasteiger charge is -2.31. The number of nitriles is 1. The van der Waals surface area contributed by atoms with Gasteiger partial charge < -0.3 is 5.32 Å². The minimum Gasteiger partial charge on any atom is -0.359 e. The highest BCUT2D eigenvalue weighted by molar-refractivity contribution is 5.82. The Hall–Kier alpha value is -3.19. The molecule has 30 heavy (non-hydrogen) atoms. The Labute approximate surface area is 176 Å². The number of hydrogen-bond acceptors (Lipinski definition) is 3. The number of allylic oxidation sites excluding steroid dienone is 1. The molecule has 0 aliphatic heterocycles. The molecule has 1 heterocycles. The molecule has 1 spiro atoms. The van der Waals surface area contributed by atoms with E-state index in [-0.39, 0.29) is 5.82 Å². The van der Waals surface area contributed by atoms with Crippen LogP contribution in [0.1, 0.15) is 49.1 Å². The number of nitrogens with one attached hydrogen (secondary N) is 1. The number of hydrogen-bond donors (Lipinski definition) is 1. The summed E-state index contributed by atoms with van der Waals surface area (Å²) in [6.45, 7) is 4.31. The minimum atomic E-state index is -0.198. The van der Waals surface area contributed by atoms with Crippen LogP contribution in [0.3, 0.4) is 0 Å². The summed E-state index contributed by atoms with van der Waals surface area (Å²) in [7, 11) is 0. The molecule has 150 valence electrons. The molecule has 0 radical (unpaired) electrons. The Morgan fingerprint density at radius 3 is 2.63 bits per heavy atom. The van der Waals surface area contributed by atoms with Crippen molar-refractivity contribution in [3.8, 4) is 6.07 Å². The first-order chi connectivity index (χ1) is 14.6. The second kappa shape index (κ2) is 7.25. The molecule has 2 aromatic carbocycles. The zero-order valence-electron chi connectivity index (χ0n) is 16.9. The first kappa shape index (κ1) is 18.8. The quantitative estimate of drug-likeness (QED) is 0.544. The molecule has 1 N–H and O–H groups in total. The summed E-state index contributed by atoms with van der Waals surface area (Å²) >= 11 is 0. The van der Waals surface area contributed by atoms with Crippen LogP contribution in [0.5, 0.6) is 0 Å². The average molecular weight is 397 g/mol. The molecule has 2 saturated carbocycles. The van der Waals surface area contributed by atoms with Crippen molar-refractivity contribution in [2.75, 3.05) is 5.32 Å². The first-order valence-electron chi connectivity index (χ1n) is 10.6. The fourth-order valence-electron chi connectivity index (χ4n) is 5.29. The Kier molecular flexibility index (Phi) is 4.55. The van der Waals surface area contributed by atoms with Crippen molar-refractivity contribution in [1.29, 1.82) is 5.26 Å². The van der Waals surface area contributed by atoms with Gasteiger partial charge in [0.1, 0.15) is 5.82 Å². The summed E-state index contributed by atoms with van der Waals surface area (Å²) in [4.78, 5) is 4.40. The molecule has 2 fully saturated rings. The number of nitrogens with zero attached hydrogens (tertiary/aromatic N) is 2. The van der Waals surface area contributed by atoms with Gasteiger partial charge in [-0.1, -0.05) is 6.58 Å². The molecular formula is C26H24FN3. The number of fused-ring (bicyclic) bond motifs is 1. The maximum absolute atomic E-state index is 13.8. The summed E-state index contributed by atoms with van der Waals surface area (Å²) in [6, 6.07) is 16.6. The topological polar surface area (TPSA) is 48.7 Å². The van der Waals surface area contributed by atoms with Crippen LogP contribution in [-0.2, 0) is 0 Å². The number of anilines is 1. The molecule has 3 nitrogen and oxygen atoms in total. The van der Waals surface area contributed by atoms with Crippen LogP contribution in [0.2, 0.25) is 0 Å². The first-order valence-corrected chi connectivity index (χ1v) is 10.6. The van der Waals surface area contributed by atoms with E-state index in [4.69, 9.17) is 5.26 Å². The standard InChI is InChI=1S/C26H24FN3/c1-17(30-21-5-2-18(16-28)3-6-21)24-15-26(24)11-8-19(9-12-26)22-10-13-29-25-7-4-20(27)14-23(22)25/h2-7,10,13-14,19,24,30H,1,8-9,11-12,15H2. The molecule has 5 rings (SSSR count). The highest BCUT2D eigenvalue weighted by Gasteiger charge is 2.56. The van der Waals surface area contributed by atoms with Gasteiger partial charge in [0.05, 0.1) is 17.1 Å². The third-order valence-electron chi connectivity index (χ3n) is 7.09. The molecule has 1 unspecified atom stereocenters. The SMILES string of the molecule is C=C(Nc1ccc(C#N)cc1)C1CC12CCC(c1ccnc3ccc(F)cc13)CC2. The monoisotopic (exact) mass is 397 g/mol. The van der Waals surface area contributed by atoms with Gasteiger partial charge in [-0.25, -0.2) is 4.39 Å². The highest BCUT2D eigenvalue weighted by atomic mass is 19.1. The van der Waals surface area contributed by atoms with Gasteiger partial charge >= 0.3 is 0 Å². The molecule has 0 saturated heterocycles. The van der Waals surface area contributed by atoms with E-state index in [9.17, 15) is 4.39 Å². The van der Waals surface area contributed by atoms with Gasteiger partial charge in [-0.2, -0.15) is 5.26 Å². The van der Waals surface area contributed by atoms with E-state index in [0.717, 1.165) is 35.1 Å². The molecule has 1 atom stereocenters. The lowest BCUT2D eigenvalue weighted by molar-refractivity contribution is 0.290. The minimum absolute atomic E-state index is 0.198. The van der Waals surface area contributed by atoms with E-state index in [1.807, 2.05) is 30.5 Å². The van der Waals surface area contributed by atoms with Gasteiger partial charge in [0.25, 0.3) is 0 Å². The third kappa shape index (κ3) is 3.35. The maximum atomic E-state index is 13.8. The summed E-state index contributed by atoms with van der Waals surface area (Å²) in [5, 5.41) is 13.3. The molecule has 2 aliphatic carbocycles. The van der Waals surface area contributed by atoms with Crippen molar-refractivity contribution >= 4 is 16.6 Å². The van der Waals surface area contributed by atoms with Crippen molar-refractivity contribution < 1.29 is 4.39 Å². The Bertz CT molecular complexity index is 1150. The van der Waals surface area contributed by atoms with Gasteiger partial charge in [0.15, 0.2) is 0 Å². The van der Waals surface area contributed by atoms with Crippen LogP contribution in [0, 0.1) is 28.5 Å². The van der Waals surface area contributed by atoms with E-state index in [0.29, 0.717) is 22.8 Å². The Morgan fingerprint density at radius 2 is 1.90 bits per heavy atom. The molecule has 3 aromatic rings. The van der Waals surface area contributed by atoms with E-state index < -0.39 is 0 Å².